The number of hydrogen-bond donors (Lipinski definition) is 1. The highest BCUT2D eigenvalue weighted by atomic mass is 16.5. The number of aryl methyl sites for hydroxylation is 1. The summed E-state index contributed by atoms with van der Waals surface area (Å²) in [7, 11) is 0. The molecule has 3 rings (SSSR count). The summed E-state index contributed by atoms with van der Waals surface area (Å²) < 4.78 is 5.38. The van der Waals surface area contributed by atoms with Gasteiger partial charge >= 0.3 is 0 Å². The molecule has 1 unspecified atom stereocenters. The van der Waals surface area contributed by atoms with Gasteiger partial charge in [-0.05, 0) is 25.3 Å². The lowest BCUT2D eigenvalue weighted by molar-refractivity contribution is 0.350. The van der Waals surface area contributed by atoms with Crippen molar-refractivity contribution in [3.63, 3.8) is 0 Å². The van der Waals surface area contributed by atoms with Gasteiger partial charge in [-0.15, -0.1) is 0 Å². The molecule has 1 aliphatic rings. The third-order valence-corrected chi connectivity index (χ3v) is 4.13. The summed E-state index contributed by atoms with van der Waals surface area (Å²) in [4.78, 5) is 4.53. The van der Waals surface area contributed by atoms with Gasteiger partial charge in [0.15, 0.2) is 5.82 Å². The largest absolute Gasteiger partial charge is 0.337 e. The van der Waals surface area contributed by atoms with Crippen molar-refractivity contribution < 1.29 is 4.52 Å². The molecule has 20 heavy (non-hydrogen) atoms. The molecule has 0 amide bonds. The van der Waals surface area contributed by atoms with Gasteiger partial charge in [0.25, 0.3) is 0 Å². The summed E-state index contributed by atoms with van der Waals surface area (Å²) in [6.45, 7) is 2.06. The minimum absolute atomic E-state index is 0.333. The molecule has 0 bridgehead atoms. The van der Waals surface area contributed by atoms with Crippen LogP contribution in [0.25, 0.3) is 0 Å². The van der Waals surface area contributed by atoms with E-state index in [9.17, 15) is 0 Å². The highest BCUT2D eigenvalue weighted by Crippen LogP contribution is 2.31. The molecule has 1 aromatic carbocycles. The van der Waals surface area contributed by atoms with Crippen molar-refractivity contribution in [2.24, 2.45) is 5.73 Å². The zero-order valence-electron chi connectivity index (χ0n) is 11.9. The Kier molecular flexibility index (Phi) is 3.83. The molecular formula is C16H21N3O. The molecule has 0 aliphatic heterocycles. The van der Waals surface area contributed by atoms with Crippen molar-refractivity contribution in [1.82, 2.24) is 10.1 Å². The molecule has 4 nitrogen and oxygen atoms in total. The molecule has 1 saturated carbocycles. The molecule has 4 heteroatoms. The summed E-state index contributed by atoms with van der Waals surface area (Å²) >= 11 is 0. The number of benzene rings is 1. The summed E-state index contributed by atoms with van der Waals surface area (Å²) in [5.41, 5.74) is 8.44. The zero-order valence-corrected chi connectivity index (χ0v) is 11.9. The SMILES string of the molecule is Cc1ccc(C(N)c2nc(C3CCCCC3)no2)cc1. The Labute approximate surface area is 119 Å². The van der Waals surface area contributed by atoms with Crippen LogP contribution in [0.1, 0.15) is 66.9 Å². The Bertz CT molecular complexity index is 555. The highest BCUT2D eigenvalue weighted by Gasteiger charge is 2.23. The monoisotopic (exact) mass is 271 g/mol. The first-order chi connectivity index (χ1) is 9.74. The summed E-state index contributed by atoms with van der Waals surface area (Å²) in [5.74, 6) is 1.81. The fourth-order valence-corrected chi connectivity index (χ4v) is 2.82. The van der Waals surface area contributed by atoms with Crippen LogP contribution in [-0.2, 0) is 0 Å². The van der Waals surface area contributed by atoms with Crippen molar-refractivity contribution in [1.29, 1.82) is 0 Å². The van der Waals surface area contributed by atoms with E-state index < -0.39 is 0 Å². The van der Waals surface area contributed by atoms with Gasteiger partial charge in [-0.2, -0.15) is 4.98 Å². The lowest BCUT2D eigenvalue weighted by atomic mass is 9.89. The van der Waals surface area contributed by atoms with Crippen LogP contribution >= 0.6 is 0 Å². The van der Waals surface area contributed by atoms with Gasteiger partial charge in [0.05, 0.1) is 0 Å². The van der Waals surface area contributed by atoms with Gasteiger partial charge in [-0.1, -0.05) is 54.2 Å². The quantitative estimate of drug-likeness (QED) is 0.928. The van der Waals surface area contributed by atoms with Crippen molar-refractivity contribution in [2.45, 2.75) is 51.0 Å². The Hall–Kier alpha value is -1.68. The predicted molar refractivity (Wildman–Crippen MR) is 77.3 cm³/mol. The average molecular weight is 271 g/mol. The van der Waals surface area contributed by atoms with Crippen LogP contribution in [0.3, 0.4) is 0 Å². The van der Waals surface area contributed by atoms with Gasteiger partial charge in [-0.25, -0.2) is 0 Å². The van der Waals surface area contributed by atoms with Crippen molar-refractivity contribution in [3.05, 3.63) is 47.1 Å². The van der Waals surface area contributed by atoms with Crippen LogP contribution in [0.15, 0.2) is 28.8 Å². The summed E-state index contributed by atoms with van der Waals surface area (Å²) in [6, 6.07) is 7.80. The molecule has 106 valence electrons. The van der Waals surface area contributed by atoms with E-state index in [-0.39, 0.29) is 6.04 Å². The molecule has 1 aliphatic carbocycles. The second-order valence-electron chi connectivity index (χ2n) is 5.71. The molecule has 0 saturated heterocycles. The van der Waals surface area contributed by atoms with Crippen LogP contribution in [0, 0.1) is 6.92 Å². The highest BCUT2D eigenvalue weighted by molar-refractivity contribution is 5.27. The van der Waals surface area contributed by atoms with Gasteiger partial charge in [0.1, 0.15) is 6.04 Å². The Morgan fingerprint density at radius 1 is 1.15 bits per heavy atom. The fourth-order valence-electron chi connectivity index (χ4n) is 2.82. The number of nitrogens with zero attached hydrogens (tertiary/aromatic N) is 2. The van der Waals surface area contributed by atoms with Gasteiger partial charge < -0.3 is 10.3 Å². The van der Waals surface area contributed by atoms with Crippen LogP contribution in [0.4, 0.5) is 0 Å². The van der Waals surface area contributed by atoms with Crippen LogP contribution in [0.5, 0.6) is 0 Å². The van der Waals surface area contributed by atoms with Crippen molar-refractivity contribution in [2.75, 3.05) is 0 Å². The van der Waals surface area contributed by atoms with E-state index in [0.29, 0.717) is 11.8 Å². The van der Waals surface area contributed by atoms with Gasteiger partial charge in [-0.3, -0.25) is 0 Å². The molecule has 1 heterocycles. The van der Waals surface area contributed by atoms with Crippen LogP contribution in [0.2, 0.25) is 0 Å². The van der Waals surface area contributed by atoms with E-state index in [4.69, 9.17) is 10.3 Å². The second-order valence-corrected chi connectivity index (χ2v) is 5.71. The van der Waals surface area contributed by atoms with Gasteiger partial charge in [0.2, 0.25) is 5.89 Å². The van der Waals surface area contributed by atoms with E-state index in [0.717, 1.165) is 11.4 Å². The molecule has 1 fully saturated rings. The number of nitrogens with two attached hydrogens (primary N) is 1. The van der Waals surface area contributed by atoms with Crippen molar-refractivity contribution >= 4 is 0 Å². The third-order valence-electron chi connectivity index (χ3n) is 4.13. The van der Waals surface area contributed by atoms with Crippen LogP contribution in [-0.4, -0.2) is 10.1 Å². The molecule has 0 radical (unpaired) electrons. The first kappa shape index (κ1) is 13.3. The topological polar surface area (TPSA) is 64.9 Å². The first-order valence-electron chi connectivity index (χ1n) is 7.39. The number of hydrogen-bond acceptors (Lipinski definition) is 4. The maximum absolute atomic E-state index is 6.21. The lowest BCUT2D eigenvalue weighted by Gasteiger charge is -2.17. The van der Waals surface area contributed by atoms with Crippen molar-refractivity contribution in [3.8, 4) is 0 Å². The minimum atomic E-state index is -0.333. The molecule has 0 spiro atoms. The van der Waals surface area contributed by atoms with E-state index in [1.165, 1.54) is 37.7 Å². The normalized spacial score (nSPS) is 18.1. The summed E-state index contributed by atoms with van der Waals surface area (Å²) in [6.07, 6.45) is 6.18. The minimum Gasteiger partial charge on any atom is -0.337 e. The maximum Gasteiger partial charge on any atom is 0.248 e. The average Bonchev–Trinajstić information content (AvgIpc) is 2.98. The predicted octanol–water partition coefficient (Wildman–Crippen LogP) is 3.47. The van der Waals surface area contributed by atoms with E-state index in [1.54, 1.807) is 0 Å². The molecule has 2 N–H and O–H groups in total. The van der Waals surface area contributed by atoms with E-state index in [2.05, 4.69) is 17.1 Å². The van der Waals surface area contributed by atoms with E-state index >= 15 is 0 Å². The number of aromatic nitrogens is 2. The Morgan fingerprint density at radius 2 is 1.85 bits per heavy atom. The smallest absolute Gasteiger partial charge is 0.248 e. The molecule has 1 aromatic heterocycles. The third kappa shape index (κ3) is 2.75. The second kappa shape index (κ2) is 5.75. The molecular weight excluding hydrogens is 250 g/mol. The fraction of sp³-hybridized carbons (Fsp3) is 0.500. The summed E-state index contributed by atoms with van der Waals surface area (Å²) in [5, 5.41) is 4.14. The maximum atomic E-state index is 6.21. The lowest BCUT2D eigenvalue weighted by Crippen LogP contribution is -2.13. The molecule has 1 atom stereocenters. The number of rotatable bonds is 3. The van der Waals surface area contributed by atoms with Crippen LogP contribution < -0.4 is 5.73 Å². The Balaban J connectivity index is 1.76. The van der Waals surface area contributed by atoms with E-state index in [1.807, 2.05) is 24.3 Å². The molecule has 2 aromatic rings. The Morgan fingerprint density at radius 3 is 2.55 bits per heavy atom. The zero-order chi connectivity index (χ0) is 13.9. The first-order valence-corrected chi connectivity index (χ1v) is 7.39. The van der Waals surface area contributed by atoms with Gasteiger partial charge in [0, 0.05) is 5.92 Å². The standard InChI is InChI=1S/C16H21N3O/c1-11-7-9-12(10-8-11)14(17)16-18-15(19-20-16)13-5-3-2-4-6-13/h7-10,13-14H,2-6,17H2,1H3.